The molecule has 6 heteroatoms. The fourth-order valence-corrected chi connectivity index (χ4v) is 5.37. The van der Waals surface area contributed by atoms with Crippen LogP contribution in [0.1, 0.15) is 35.9 Å². The van der Waals surface area contributed by atoms with E-state index in [0.29, 0.717) is 17.4 Å². The van der Waals surface area contributed by atoms with Gasteiger partial charge in [-0.1, -0.05) is 13.3 Å². The predicted octanol–water partition coefficient (Wildman–Crippen LogP) is 1.98. The topological polar surface area (TPSA) is 72.2 Å². The number of aryl methyl sites for hydroxylation is 1. The van der Waals surface area contributed by atoms with E-state index in [-0.39, 0.29) is 6.04 Å². The Labute approximate surface area is 113 Å². The van der Waals surface area contributed by atoms with Gasteiger partial charge in [-0.2, -0.15) is 0 Å². The zero-order valence-electron chi connectivity index (χ0n) is 10.8. The first-order valence-corrected chi connectivity index (χ1v) is 8.55. The van der Waals surface area contributed by atoms with Crippen molar-refractivity contribution in [1.82, 2.24) is 4.72 Å². The van der Waals surface area contributed by atoms with Gasteiger partial charge in [-0.05, 0) is 31.7 Å². The molecule has 2 rings (SSSR count). The second kappa shape index (κ2) is 5.28. The van der Waals surface area contributed by atoms with E-state index in [2.05, 4.69) is 11.6 Å². The molecule has 1 heterocycles. The molecule has 0 aromatic carbocycles. The van der Waals surface area contributed by atoms with Crippen LogP contribution < -0.4 is 10.5 Å². The molecular formula is C12H20N2O2S2. The molecule has 1 saturated carbocycles. The molecule has 1 aliphatic rings. The number of hydrogen-bond donors (Lipinski definition) is 2. The van der Waals surface area contributed by atoms with Crippen molar-refractivity contribution in [2.75, 3.05) is 0 Å². The molecule has 102 valence electrons. The number of rotatable bonds is 4. The van der Waals surface area contributed by atoms with Crippen molar-refractivity contribution in [3.05, 3.63) is 15.8 Å². The van der Waals surface area contributed by atoms with Crippen LogP contribution in [0.25, 0.3) is 0 Å². The van der Waals surface area contributed by atoms with Gasteiger partial charge in [0, 0.05) is 22.3 Å². The Balaban J connectivity index is 2.22. The average Bonchev–Trinajstić information content (AvgIpc) is 2.86. The van der Waals surface area contributed by atoms with Crippen molar-refractivity contribution in [3.8, 4) is 0 Å². The molecule has 1 aliphatic carbocycles. The van der Waals surface area contributed by atoms with E-state index in [1.807, 2.05) is 6.92 Å². The van der Waals surface area contributed by atoms with Gasteiger partial charge in [0.2, 0.25) is 10.0 Å². The quantitative estimate of drug-likeness (QED) is 0.890. The Morgan fingerprint density at radius 1 is 1.50 bits per heavy atom. The summed E-state index contributed by atoms with van der Waals surface area (Å²) in [6, 6.07) is 1.78. The van der Waals surface area contributed by atoms with Crippen molar-refractivity contribution in [2.24, 2.45) is 11.7 Å². The molecule has 18 heavy (non-hydrogen) atoms. The molecule has 3 N–H and O–H groups in total. The molecule has 0 saturated heterocycles. The maximum atomic E-state index is 12.3. The van der Waals surface area contributed by atoms with E-state index in [9.17, 15) is 8.42 Å². The summed E-state index contributed by atoms with van der Waals surface area (Å²) in [6.07, 6.45) is 3.14. The number of hydrogen-bond acceptors (Lipinski definition) is 4. The summed E-state index contributed by atoms with van der Waals surface area (Å²) < 4.78 is 27.5. The van der Waals surface area contributed by atoms with Crippen LogP contribution in [0.5, 0.6) is 0 Å². The Hall–Kier alpha value is -0.430. The average molecular weight is 288 g/mol. The number of sulfonamides is 1. The van der Waals surface area contributed by atoms with Gasteiger partial charge >= 0.3 is 0 Å². The van der Waals surface area contributed by atoms with Crippen molar-refractivity contribution in [1.29, 1.82) is 0 Å². The predicted molar refractivity (Wildman–Crippen MR) is 74.1 cm³/mol. The van der Waals surface area contributed by atoms with Crippen LogP contribution in [-0.2, 0) is 16.6 Å². The first-order chi connectivity index (χ1) is 8.44. The van der Waals surface area contributed by atoms with Gasteiger partial charge in [-0.3, -0.25) is 0 Å². The van der Waals surface area contributed by atoms with Crippen molar-refractivity contribution in [2.45, 2.75) is 50.6 Å². The summed E-state index contributed by atoms with van der Waals surface area (Å²) in [5.74, 6) is 0.424. The van der Waals surface area contributed by atoms with E-state index in [1.165, 1.54) is 11.3 Å². The normalized spacial score (nSPS) is 24.6. The van der Waals surface area contributed by atoms with E-state index >= 15 is 0 Å². The lowest BCUT2D eigenvalue weighted by molar-refractivity contribution is 0.476. The van der Waals surface area contributed by atoms with Crippen molar-refractivity contribution < 1.29 is 8.42 Å². The Morgan fingerprint density at radius 2 is 2.22 bits per heavy atom. The van der Waals surface area contributed by atoms with E-state index in [0.717, 1.165) is 29.0 Å². The van der Waals surface area contributed by atoms with Crippen LogP contribution in [0.3, 0.4) is 0 Å². The minimum absolute atomic E-state index is 0.0793. The summed E-state index contributed by atoms with van der Waals surface area (Å²) in [6.45, 7) is 4.32. The highest BCUT2D eigenvalue weighted by molar-refractivity contribution is 7.89. The monoisotopic (exact) mass is 288 g/mol. The van der Waals surface area contributed by atoms with E-state index in [1.54, 1.807) is 6.07 Å². The molecule has 1 aromatic rings. The zero-order chi connectivity index (χ0) is 13.3. The molecule has 0 bridgehead atoms. The highest BCUT2D eigenvalue weighted by atomic mass is 32.2. The number of nitrogens with two attached hydrogens (primary N) is 1. The SMILES string of the molecule is Cc1sc(CN)cc1S(=O)(=O)NC1CCCC1C. The molecule has 0 spiro atoms. The van der Waals surface area contributed by atoms with Crippen LogP contribution in [0.4, 0.5) is 0 Å². The Bertz CT molecular complexity index is 522. The summed E-state index contributed by atoms with van der Waals surface area (Å²) in [7, 11) is -3.39. The molecule has 1 aromatic heterocycles. The smallest absolute Gasteiger partial charge is 0.241 e. The third-order valence-electron chi connectivity index (χ3n) is 3.58. The van der Waals surface area contributed by atoms with Crippen LogP contribution in [0.2, 0.25) is 0 Å². The van der Waals surface area contributed by atoms with Gasteiger partial charge < -0.3 is 5.73 Å². The van der Waals surface area contributed by atoms with E-state index in [4.69, 9.17) is 5.73 Å². The largest absolute Gasteiger partial charge is 0.326 e. The van der Waals surface area contributed by atoms with Gasteiger partial charge in [0.1, 0.15) is 0 Å². The van der Waals surface area contributed by atoms with Crippen LogP contribution >= 0.6 is 11.3 Å². The summed E-state index contributed by atoms with van der Waals surface area (Å²) >= 11 is 1.46. The van der Waals surface area contributed by atoms with Gasteiger partial charge in [0.25, 0.3) is 0 Å². The lowest BCUT2D eigenvalue weighted by Gasteiger charge is -2.17. The van der Waals surface area contributed by atoms with Gasteiger partial charge in [-0.25, -0.2) is 13.1 Å². The molecule has 2 atom stereocenters. The summed E-state index contributed by atoms with van der Waals surface area (Å²) in [5, 5.41) is 0. The maximum absolute atomic E-state index is 12.3. The summed E-state index contributed by atoms with van der Waals surface area (Å²) in [4.78, 5) is 2.12. The summed E-state index contributed by atoms with van der Waals surface area (Å²) in [5.41, 5.74) is 5.56. The van der Waals surface area contributed by atoms with Gasteiger partial charge in [0.15, 0.2) is 0 Å². The van der Waals surface area contributed by atoms with Crippen LogP contribution in [-0.4, -0.2) is 14.5 Å². The Morgan fingerprint density at radius 3 is 2.72 bits per heavy atom. The first kappa shape index (κ1) is 14.0. The molecular weight excluding hydrogens is 268 g/mol. The minimum Gasteiger partial charge on any atom is -0.326 e. The minimum atomic E-state index is -3.39. The Kier molecular flexibility index (Phi) is 4.11. The number of thiophene rings is 1. The van der Waals surface area contributed by atoms with Crippen LogP contribution in [0.15, 0.2) is 11.0 Å². The maximum Gasteiger partial charge on any atom is 0.241 e. The molecule has 0 amide bonds. The standard InChI is InChI=1S/C12H20N2O2S2/c1-8-4-3-5-11(8)14-18(15,16)12-6-10(7-13)17-9(12)2/h6,8,11,14H,3-5,7,13H2,1-2H3. The lowest BCUT2D eigenvalue weighted by atomic mass is 10.1. The molecule has 0 radical (unpaired) electrons. The zero-order valence-corrected chi connectivity index (χ0v) is 12.4. The molecule has 4 nitrogen and oxygen atoms in total. The highest BCUT2D eigenvalue weighted by Gasteiger charge is 2.29. The fraction of sp³-hybridized carbons (Fsp3) is 0.667. The second-order valence-corrected chi connectivity index (χ2v) is 8.00. The highest BCUT2D eigenvalue weighted by Crippen LogP contribution is 2.29. The third-order valence-corrected chi connectivity index (χ3v) is 6.40. The van der Waals surface area contributed by atoms with Gasteiger partial charge in [-0.15, -0.1) is 11.3 Å². The second-order valence-electron chi connectivity index (χ2n) is 4.97. The lowest BCUT2D eigenvalue weighted by Crippen LogP contribution is -2.36. The van der Waals surface area contributed by atoms with Crippen molar-refractivity contribution >= 4 is 21.4 Å². The van der Waals surface area contributed by atoms with Crippen LogP contribution in [0, 0.1) is 12.8 Å². The van der Waals surface area contributed by atoms with Gasteiger partial charge in [0.05, 0.1) is 4.90 Å². The van der Waals surface area contributed by atoms with E-state index < -0.39 is 10.0 Å². The fourth-order valence-electron chi connectivity index (χ4n) is 2.47. The third kappa shape index (κ3) is 2.77. The van der Waals surface area contributed by atoms with Crippen molar-refractivity contribution in [3.63, 3.8) is 0 Å². The number of nitrogens with one attached hydrogen (secondary N) is 1. The molecule has 0 aliphatic heterocycles. The molecule has 2 unspecified atom stereocenters. The first-order valence-electron chi connectivity index (χ1n) is 6.25. The molecule has 1 fully saturated rings.